The third-order valence-corrected chi connectivity index (χ3v) is 6.11. The average Bonchev–Trinajstić information content (AvgIpc) is 2.66. The summed E-state index contributed by atoms with van der Waals surface area (Å²) in [6.07, 6.45) is -5.33. The second-order valence-electron chi connectivity index (χ2n) is 6.26. The maximum absolute atomic E-state index is 13.4. The molecule has 1 N–H and O–H groups in total. The number of sulfonamides is 1. The highest BCUT2D eigenvalue weighted by atomic mass is 32.2. The molecule has 158 valence electrons. The van der Waals surface area contributed by atoms with Crippen molar-refractivity contribution in [2.24, 2.45) is 0 Å². The largest absolute Gasteiger partial charge is 0.463 e. The van der Waals surface area contributed by atoms with Gasteiger partial charge < -0.3 is 9.84 Å². The number of alkyl halides is 3. The number of benzene rings is 2. The van der Waals surface area contributed by atoms with Crippen LogP contribution < -0.4 is 4.31 Å². The molecule has 0 amide bonds. The lowest BCUT2D eigenvalue weighted by Gasteiger charge is -2.29. The van der Waals surface area contributed by atoms with Crippen LogP contribution in [0.3, 0.4) is 0 Å². The lowest BCUT2D eigenvalue weighted by atomic mass is 9.93. The van der Waals surface area contributed by atoms with E-state index in [0.717, 1.165) is 34.1 Å². The van der Waals surface area contributed by atoms with Crippen LogP contribution in [0.1, 0.15) is 18.1 Å². The zero-order chi connectivity index (χ0) is 22.0. The number of aliphatic hydroxyl groups is 1. The number of anilines is 1. The molecular weight excluding hydrogens is 411 g/mol. The Hall–Kier alpha value is -2.59. The number of esters is 1. The first-order valence-corrected chi connectivity index (χ1v) is 9.92. The first kappa shape index (κ1) is 22.7. The summed E-state index contributed by atoms with van der Waals surface area (Å²) in [5, 5.41) is 10.1. The molecule has 0 aliphatic carbocycles. The van der Waals surface area contributed by atoms with Crippen molar-refractivity contribution in [2.75, 3.05) is 18.0 Å². The molecule has 0 saturated carbocycles. The number of ether oxygens (including phenoxy) is 1. The van der Waals surface area contributed by atoms with Crippen molar-refractivity contribution >= 4 is 21.7 Å². The molecule has 29 heavy (non-hydrogen) atoms. The number of nitrogens with zero attached hydrogens (tertiary/aromatic N) is 1. The van der Waals surface area contributed by atoms with Crippen LogP contribution in [0.15, 0.2) is 53.4 Å². The summed E-state index contributed by atoms with van der Waals surface area (Å²) < 4.78 is 70.9. The second-order valence-corrected chi connectivity index (χ2v) is 8.23. The predicted octanol–water partition coefficient (Wildman–Crippen LogP) is 3.13. The Labute approximate surface area is 166 Å². The van der Waals surface area contributed by atoms with Crippen LogP contribution >= 0.6 is 0 Å². The highest BCUT2D eigenvalue weighted by molar-refractivity contribution is 7.92. The minimum atomic E-state index is -5.33. The fourth-order valence-electron chi connectivity index (χ4n) is 2.55. The van der Waals surface area contributed by atoms with E-state index >= 15 is 0 Å². The number of carbonyl (C=O) groups excluding carboxylic acids is 1. The van der Waals surface area contributed by atoms with Crippen LogP contribution in [0, 0.1) is 6.92 Å². The van der Waals surface area contributed by atoms with Crippen LogP contribution in [0.25, 0.3) is 0 Å². The van der Waals surface area contributed by atoms with E-state index in [4.69, 9.17) is 0 Å². The van der Waals surface area contributed by atoms with Crippen molar-refractivity contribution in [3.63, 3.8) is 0 Å². The summed E-state index contributed by atoms with van der Waals surface area (Å²) in [5.41, 5.74) is -3.74. The normalized spacial score (nSPS) is 14.2. The van der Waals surface area contributed by atoms with E-state index in [-0.39, 0.29) is 17.2 Å². The summed E-state index contributed by atoms with van der Waals surface area (Å²) in [4.78, 5) is 11.8. The van der Waals surface area contributed by atoms with E-state index in [0.29, 0.717) is 0 Å². The summed E-state index contributed by atoms with van der Waals surface area (Å²) >= 11 is 0. The maximum Gasteiger partial charge on any atom is 0.432 e. The zero-order valence-corrected chi connectivity index (χ0v) is 16.7. The van der Waals surface area contributed by atoms with Crippen molar-refractivity contribution in [1.29, 1.82) is 0 Å². The summed E-state index contributed by atoms with van der Waals surface area (Å²) in [6.45, 7) is 2.75. The lowest BCUT2D eigenvalue weighted by molar-refractivity contribution is -0.267. The van der Waals surface area contributed by atoms with Crippen molar-refractivity contribution in [1.82, 2.24) is 0 Å². The van der Waals surface area contributed by atoms with E-state index in [1.54, 1.807) is 19.1 Å². The van der Waals surface area contributed by atoms with Gasteiger partial charge in [0.05, 0.1) is 17.2 Å². The molecular formula is C19H20F3NO5S. The third-order valence-electron chi connectivity index (χ3n) is 4.31. The summed E-state index contributed by atoms with van der Waals surface area (Å²) in [6, 6.07) is 9.87. The topological polar surface area (TPSA) is 83.9 Å². The van der Waals surface area contributed by atoms with Gasteiger partial charge in [-0.25, -0.2) is 13.2 Å². The van der Waals surface area contributed by atoms with Gasteiger partial charge in [0.15, 0.2) is 0 Å². The highest BCUT2D eigenvalue weighted by Gasteiger charge is 2.62. The van der Waals surface area contributed by atoms with Crippen molar-refractivity contribution in [2.45, 2.75) is 30.5 Å². The van der Waals surface area contributed by atoms with Gasteiger partial charge >= 0.3 is 12.1 Å². The van der Waals surface area contributed by atoms with E-state index in [2.05, 4.69) is 4.74 Å². The Morgan fingerprint density at radius 2 is 1.59 bits per heavy atom. The van der Waals surface area contributed by atoms with Crippen LogP contribution in [0.5, 0.6) is 0 Å². The Balaban J connectivity index is 2.42. The number of aryl methyl sites for hydroxylation is 1. The average molecular weight is 431 g/mol. The van der Waals surface area contributed by atoms with E-state index in [1.165, 1.54) is 26.1 Å². The molecule has 1 atom stereocenters. The second kappa shape index (κ2) is 8.03. The summed E-state index contributed by atoms with van der Waals surface area (Å²) in [7, 11) is -2.71. The van der Waals surface area contributed by atoms with Crippen LogP contribution in [0.2, 0.25) is 0 Å². The molecule has 0 aliphatic heterocycles. The Morgan fingerprint density at radius 1 is 1.07 bits per heavy atom. The standard InChI is InChI=1S/C19H20F3NO5S/c1-4-28-17(24)18(25,19(20,21)22)14-7-9-15(10-8-14)23(3)29(26,27)16-11-5-13(2)6-12-16/h5-12,25H,4H2,1-3H3/t18-/m1/s1. The van der Waals surface area contributed by atoms with Crippen LogP contribution in [0.4, 0.5) is 18.9 Å². The molecule has 0 unspecified atom stereocenters. The SMILES string of the molecule is CCOC(=O)[C@](O)(c1ccc(N(C)S(=O)(=O)c2ccc(C)cc2)cc1)C(F)(F)F. The minimum Gasteiger partial charge on any atom is -0.463 e. The highest BCUT2D eigenvalue weighted by Crippen LogP contribution is 2.40. The van der Waals surface area contributed by atoms with Crippen molar-refractivity contribution in [3.8, 4) is 0 Å². The summed E-state index contributed by atoms with van der Waals surface area (Å²) in [5.74, 6) is -1.86. The van der Waals surface area contributed by atoms with Gasteiger partial charge in [-0.15, -0.1) is 0 Å². The maximum atomic E-state index is 13.4. The zero-order valence-electron chi connectivity index (χ0n) is 15.9. The molecule has 2 aromatic rings. The van der Waals surface area contributed by atoms with E-state index in [9.17, 15) is 31.5 Å². The van der Waals surface area contributed by atoms with Gasteiger partial charge in [0.1, 0.15) is 0 Å². The number of hydrogen-bond donors (Lipinski definition) is 1. The van der Waals surface area contributed by atoms with Gasteiger partial charge in [-0.3, -0.25) is 4.31 Å². The first-order valence-electron chi connectivity index (χ1n) is 8.48. The van der Waals surface area contributed by atoms with Gasteiger partial charge in [-0.2, -0.15) is 13.2 Å². The molecule has 2 aromatic carbocycles. The molecule has 0 aliphatic rings. The minimum absolute atomic E-state index is 0.00740. The van der Waals surface area contributed by atoms with Gasteiger partial charge in [-0.1, -0.05) is 29.8 Å². The number of rotatable bonds is 6. The monoisotopic (exact) mass is 431 g/mol. The molecule has 0 fully saturated rings. The van der Waals surface area contributed by atoms with E-state index < -0.39 is 33.3 Å². The Kier molecular flexibility index (Phi) is 6.29. The van der Waals surface area contributed by atoms with Crippen LogP contribution in [-0.2, 0) is 25.2 Å². The van der Waals surface area contributed by atoms with E-state index in [1.807, 2.05) is 0 Å². The molecule has 0 aromatic heterocycles. The fraction of sp³-hybridized carbons (Fsp3) is 0.316. The smallest absolute Gasteiger partial charge is 0.432 e. The number of carbonyl (C=O) groups is 1. The first-order chi connectivity index (χ1) is 13.4. The molecule has 0 saturated heterocycles. The molecule has 10 heteroatoms. The lowest BCUT2D eigenvalue weighted by Crippen LogP contribution is -2.50. The molecule has 0 spiro atoms. The quantitative estimate of drug-likeness (QED) is 0.711. The van der Waals surface area contributed by atoms with Crippen molar-refractivity contribution in [3.05, 3.63) is 59.7 Å². The Morgan fingerprint density at radius 3 is 2.03 bits per heavy atom. The fourth-order valence-corrected chi connectivity index (χ4v) is 3.75. The van der Waals surface area contributed by atoms with Crippen molar-refractivity contribution < 1.29 is 36.2 Å². The molecule has 0 bridgehead atoms. The molecule has 0 heterocycles. The third kappa shape index (κ3) is 4.23. The number of hydrogen-bond acceptors (Lipinski definition) is 5. The predicted molar refractivity (Wildman–Crippen MR) is 99.8 cm³/mol. The Bertz CT molecular complexity index is 972. The number of halogens is 3. The van der Waals surface area contributed by atoms with Gasteiger partial charge in [-0.05, 0) is 38.1 Å². The van der Waals surface area contributed by atoms with Crippen LogP contribution in [-0.4, -0.2) is 39.3 Å². The molecule has 6 nitrogen and oxygen atoms in total. The van der Waals surface area contributed by atoms with Gasteiger partial charge in [0.25, 0.3) is 15.6 Å². The molecule has 2 rings (SSSR count). The molecule has 0 radical (unpaired) electrons. The van der Waals surface area contributed by atoms with Gasteiger partial charge in [0.2, 0.25) is 0 Å². The van der Waals surface area contributed by atoms with Gasteiger partial charge in [0, 0.05) is 12.6 Å².